The number of pyridine rings is 1. The van der Waals surface area contributed by atoms with Crippen LogP contribution >= 0.6 is 12.2 Å². The van der Waals surface area contributed by atoms with Gasteiger partial charge in [-0.25, -0.2) is 4.98 Å². The molecule has 0 unspecified atom stereocenters. The third kappa shape index (κ3) is 3.79. The van der Waals surface area contributed by atoms with E-state index in [1.165, 1.54) is 10.7 Å². The van der Waals surface area contributed by atoms with E-state index in [1.807, 2.05) is 35.1 Å². The predicted molar refractivity (Wildman–Crippen MR) is 108 cm³/mol. The molecule has 1 fully saturated rings. The lowest BCUT2D eigenvalue weighted by atomic mass is 10.2. The van der Waals surface area contributed by atoms with E-state index in [2.05, 4.69) is 45.6 Å². The molecule has 0 atom stereocenters. The van der Waals surface area contributed by atoms with Crippen LogP contribution in [0.1, 0.15) is 6.92 Å². The van der Waals surface area contributed by atoms with E-state index in [-0.39, 0.29) is 0 Å². The van der Waals surface area contributed by atoms with Crippen LogP contribution in [-0.2, 0) is 13.2 Å². The van der Waals surface area contributed by atoms with Crippen molar-refractivity contribution in [3.05, 3.63) is 59.5 Å². The van der Waals surface area contributed by atoms with Crippen molar-refractivity contribution >= 4 is 18.0 Å². The summed E-state index contributed by atoms with van der Waals surface area (Å²) >= 11 is 5.71. The number of H-pyrrole nitrogens is 1. The molecule has 0 aliphatic carbocycles. The number of hydrogen-bond donors (Lipinski definition) is 1. The van der Waals surface area contributed by atoms with Crippen molar-refractivity contribution in [3.63, 3.8) is 0 Å². The second-order valence-electron chi connectivity index (χ2n) is 6.86. The number of aromatic nitrogens is 4. The summed E-state index contributed by atoms with van der Waals surface area (Å²) in [5, 5.41) is 4.86. The Balaban J connectivity index is 1.48. The molecule has 0 radical (unpaired) electrons. The SMILES string of the molecule is CCn1c(-c2ccccc2)nn(C[NH+]2CCN(c3cccc[nH+]3)CC2)c1=S. The van der Waals surface area contributed by atoms with Gasteiger partial charge in [-0.2, -0.15) is 4.68 Å². The largest absolute Gasteiger partial charge is 0.310 e. The van der Waals surface area contributed by atoms with Crippen LogP contribution in [0.25, 0.3) is 11.4 Å². The van der Waals surface area contributed by atoms with Gasteiger partial charge in [-0.1, -0.05) is 36.4 Å². The molecule has 0 saturated carbocycles. The maximum atomic E-state index is 5.71. The first-order valence-corrected chi connectivity index (χ1v) is 9.95. The highest BCUT2D eigenvalue weighted by atomic mass is 32.1. The molecule has 4 rings (SSSR count). The van der Waals surface area contributed by atoms with Crippen molar-refractivity contribution in [2.75, 3.05) is 31.1 Å². The van der Waals surface area contributed by atoms with Crippen LogP contribution in [0, 0.1) is 4.77 Å². The maximum Gasteiger partial charge on any atom is 0.274 e. The van der Waals surface area contributed by atoms with Gasteiger partial charge in [0.2, 0.25) is 4.77 Å². The fraction of sp³-hybridized carbons (Fsp3) is 0.350. The fourth-order valence-electron chi connectivity index (χ4n) is 3.64. The van der Waals surface area contributed by atoms with Crippen molar-refractivity contribution < 1.29 is 9.88 Å². The van der Waals surface area contributed by atoms with Crippen LogP contribution in [0.15, 0.2) is 54.7 Å². The van der Waals surface area contributed by atoms with Gasteiger partial charge in [-0.05, 0) is 25.2 Å². The van der Waals surface area contributed by atoms with Gasteiger partial charge in [0.05, 0.1) is 6.20 Å². The van der Waals surface area contributed by atoms with Gasteiger partial charge >= 0.3 is 0 Å². The smallest absolute Gasteiger partial charge is 0.274 e. The number of rotatable bonds is 5. The number of anilines is 1. The molecule has 1 aromatic carbocycles. The summed E-state index contributed by atoms with van der Waals surface area (Å²) in [6.07, 6.45) is 1.98. The van der Waals surface area contributed by atoms with Crippen LogP contribution in [0.3, 0.4) is 0 Å². The highest BCUT2D eigenvalue weighted by molar-refractivity contribution is 7.71. The third-order valence-corrected chi connectivity index (χ3v) is 5.58. The van der Waals surface area contributed by atoms with E-state index < -0.39 is 0 Å². The number of hydrogen-bond acceptors (Lipinski definition) is 3. The molecule has 7 heteroatoms. The normalized spacial score (nSPS) is 15.2. The summed E-state index contributed by atoms with van der Waals surface area (Å²) in [7, 11) is 0. The minimum Gasteiger partial charge on any atom is -0.310 e. The quantitative estimate of drug-likeness (QED) is 0.676. The zero-order valence-corrected chi connectivity index (χ0v) is 16.5. The summed E-state index contributed by atoms with van der Waals surface area (Å²) in [4.78, 5) is 7.25. The molecule has 140 valence electrons. The second-order valence-corrected chi connectivity index (χ2v) is 7.22. The molecule has 1 saturated heterocycles. The zero-order chi connectivity index (χ0) is 18.6. The molecule has 1 aliphatic heterocycles. The van der Waals surface area contributed by atoms with E-state index >= 15 is 0 Å². The van der Waals surface area contributed by atoms with E-state index in [9.17, 15) is 0 Å². The highest BCUT2D eigenvalue weighted by Crippen LogP contribution is 2.17. The second kappa shape index (κ2) is 8.02. The average Bonchev–Trinajstić information content (AvgIpc) is 3.05. The maximum absolute atomic E-state index is 5.71. The van der Waals surface area contributed by atoms with Gasteiger partial charge in [0, 0.05) is 18.2 Å². The molecule has 3 heterocycles. The first kappa shape index (κ1) is 17.9. The zero-order valence-electron chi connectivity index (χ0n) is 15.6. The van der Waals surface area contributed by atoms with Crippen molar-refractivity contribution in [1.82, 2.24) is 14.3 Å². The van der Waals surface area contributed by atoms with E-state index in [1.54, 1.807) is 0 Å². The highest BCUT2D eigenvalue weighted by Gasteiger charge is 2.26. The lowest BCUT2D eigenvalue weighted by molar-refractivity contribution is -0.924. The first-order chi connectivity index (χ1) is 13.3. The van der Waals surface area contributed by atoms with Gasteiger partial charge in [0.1, 0.15) is 26.2 Å². The van der Waals surface area contributed by atoms with Crippen molar-refractivity contribution in [2.24, 2.45) is 0 Å². The first-order valence-electron chi connectivity index (χ1n) is 9.54. The van der Waals surface area contributed by atoms with Crippen LogP contribution < -0.4 is 14.8 Å². The molecule has 3 aromatic rings. The Labute approximate surface area is 164 Å². The number of quaternary nitrogens is 1. The lowest BCUT2D eigenvalue weighted by Crippen LogP contribution is -3.14. The summed E-state index contributed by atoms with van der Waals surface area (Å²) in [6, 6.07) is 16.5. The van der Waals surface area contributed by atoms with Gasteiger partial charge in [0.25, 0.3) is 5.82 Å². The Hall–Kier alpha value is -2.51. The Bertz CT molecular complexity index is 926. The average molecular weight is 383 g/mol. The van der Waals surface area contributed by atoms with Gasteiger partial charge < -0.3 is 9.47 Å². The molecular weight excluding hydrogens is 356 g/mol. The topological polar surface area (TPSA) is 44.6 Å². The number of aromatic amines is 1. The molecule has 27 heavy (non-hydrogen) atoms. The summed E-state index contributed by atoms with van der Waals surface area (Å²) in [6.45, 7) is 7.98. The number of piperazine rings is 1. The Morgan fingerprint density at radius 2 is 1.81 bits per heavy atom. The predicted octanol–water partition coefficient (Wildman–Crippen LogP) is 1.28. The van der Waals surface area contributed by atoms with Gasteiger partial charge in [-0.15, -0.1) is 5.10 Å². The Kier molecular flexibility index (Phi) is 5.31. The minimum atomic E-state index is 0.808. The molecule has 0 amide bonds. The molecule has 2 aromatic heterocycles. The molecular formula is C20H26N6S+2. The molecule has 0 bridgehead atoms. The third-order valence-electron chi connectivity index (χ3n) is 5.15. The van der Waals surface area contributed by atoms with Crippen LogP contribution in [0.2, 0.25) is 0 Å². The number of benzene rings is 1. The van der Waals surface area contributed by atoms with E-state index in [0.29, 0.717) is 0 Å². The van der Waals surface area contributed by atoms with Crippen LogP contribution in [0.5, 0.6) is 0 Å². The van der Waals surface area contributed by atoms with E-state index in [4.69, 9.17) is 17.3 Å². The van der Waals surface area contributed by atoms with Gasteiger partial charge in [0.15, 0.2) is 12.5 Å². The molecule has 1 aliphatic rings. The molecule has 0 spiro atoms. The van der Waals surface area contributed by atoms with E-state index in [0.717, 1.165) is 55.6 Å². The van der Waals surface area contributed by atoms with Crippen molar-refractivity contribution in [3.8, 4) is 11.4 Å². The summed E-state index contributed by atoms with van der Waals surface area (Å²) < 4.78 is 4.93. The number of nitrogens with zero attached hydrogens (tertiary/aromatic N) is 4. The molecule has 2 N–H and O–H groups in total. The Morgan fingerprint density at radius 3 is 2.48 bits per heavy atom. The van der Waals surface area contributed by atoms with Crippen molar-refractivity contribution in [1.29, 1.82) is 0 Å². The van der Waals surface area contributed by atoms with Crippen molar-refractivity contribution in [2.45, 2.75) is 20.1 Å². The fourth-order valence-corrected chi connectivity index (χ4v) is 3.97. The number of nitrogens with one attached hydrogen (secondary N) is 2. The van der Waals surface area contributed by atoms with Gasteiger partial charge in [-0.3, -0.25) is 4.90 Å². The van der Waals surface area contributed by atoms with Crippen LogP contribution in [0.4, 0.5) is 5.82 Å². The summed E-state index contributed by atoms with van der Waals surface area (Å²) in [5.74, 6) is 2.15. The minimum absolute atomic E-state index is 0.808. The standard InChI is InChI=1S/C20H24N6S/c1-2-25-19(17-8-4-3-5-9-17)22-26(20(25)27)16-23-12-14-24(15-13-23)18-10-6-7-11-21-18/h3-11H,2,12-16H2,1H3/p+2. The summed E-state index contributed by atoms with van der Waals surface area (Å²) in [5.41, 5.74) is 1.11. The lowest BCUT2D eigenvalue weighted by Gasteiger charge is -2.27. The molecule has 6 nitrogen and oxygen atoms in total. The monoisotopic (exact) mass is 382 g/mol. The Morgan fingerprint density at radius 1 is 1.07 bits per heavy atom. The van der Waals surface area contributed by atoms with Crippen LogP contribution in [-0.4, -0.2) is 40.5 Å².